The summed E-state index contributed by atoms with van der Waals surface area (Å²) in [7, 11) is 0. The van der Waals surface area contributed by atoms with Gasteiger partial charge < -0.3 is 15.3 Å². The van der Waals surface area contributed by atoms with Gasteiger partial charge in [0.2, 0.25) is 0 Å². The lowest BCUT2D eigenvalue weighted by atomic mass is 10.2. The van der Waals surface area contributed by atoms with Crippen LogP contribution in [0.1, 0.15) is 12.0 Å². The second kappa shape index (κ2) is 5.54. The molecule has 0 bridgehead atoms. The summed E-state index contributed by atoms with van der Waals surface area (Å²) in [6, 6.07) is 4.61. The van der Waals surface area contributed by atoms with Gasteiger partial charge >= 0.3 is 6.09 Å². The zero-order chi connectivity index (χ0) is 13.1. The van der Waals surface area contributed by atoms with Crippen LogP contribution in [-0.4, -0.2) is 35.2 Å². The number of rotatable bonds is 3. The van der Waals surface area contributed by atoms with E-state index >= 15 is 0 Å². The van der Waals surface area contributed by atoms with E-state index in [9.17, 15) is 9.18 Å². The van der Waals surface area contributed by atoms with Gasteiger partial charge in [-0.15, -0.1) is 0 Å². The van der Waals surface area contributed by atoms with Crippen molar-refractivity contribution >= 4 is 17.7 Å². The molecule has 1 saturated heterocycles. The summed E-state index contributed by atoms with van der Waals surface area (Å²) in [5.74, 6) is -0.344. The molecule has 1 aromatic carbocycles. The zero-order valence-electron chi connectivity index (χ0n) is 9.70. The Balaban J connectivity index is 1.91. The molecule has 18 heavy (non-hydrogen) atoms. The highest BCUT2D eigenvalue weighted by atomic mass is 35.5. The minimum absolute atomic E-state index is 0.0526. The van der Waals surface area contributed by atoms with Gasteiger partial charge in [0.15, 0.2) is 0 Å². The third-order valence-electron chi connectivity index (χ3n) is 3.09. The molecule has 4 nitrogen and oxygen atoms in total. The highest BCUT2D eigenvalue weighted by Gasteiger charge is 2.25. The number of nitrogens with zero attached hydrogens (tertiary/aromatic N) is 1. The summed E-state index contributed by atoms with van der Waals surface area (Å²) >= 11 is 5.91. The number of hydrogen-bond acceptors (Lipinski definition) is 2. The standard InChI is InChI=1S/C12H14ClFN2O2/c13-10-2-1-3-11(14)9(10)6-15-8-4-5-16(7-8)12(17)18/h1-3,8,15H,4-7H2,(H,17,18)/t8-/m0/s1. The van der Waals surface area contributed by atoms with Gasteiger partial charge in [0.05, 0.1) is 0 Å². The maximum Gasteiger partial charge on any atom is 0.407 e. The Labute approximate surface area is 109 Å². The lowest BCUT2D eigenvalue weighted by molar-refractivity contribution is 0.154. The maximum absolute atomic E-state index is 13.5. The number of carboxylic acid groups (broad SMARTS) is 1. The first kappa shape index (κ1) is 13.1. The Kier molecular flexibility index (Phi) is 4.04. The molecule has 1 aromatic rings. The maximum atomic E-state index is 13.5. The molecule has 6 heteroatoms. The molecule has 0 unspecified atom stereocenters. The van der Waals surface area contributed by atoms with Gasteiger partial charge in [-0.05, 0) is 18.6 Å². The molecule has 0 saturated carbocycles. The van der Waals surface area contributed by atoms with Crippen LogP contribution in [0.2, 0.25) is 5.02 Å². The number of carbonyl (C=O) groups is 1. The molecular formula is C12H14ClFN2O2. The Morgan fingerprint density at radius 1 is 1.61 bits per heavy atom. The van der Waals surface area contributed by atoms with Crippen molar-refractivity contribution in [3.05, 3.63) is 34.6 Å². The second-order valence-electron chi connectivity index (χ2n) is 4.30. The smallest absolute Gasteiger partial charge is 0.407 e. The summed E-state index contributed by atoms with van der Waals surface area (Å²) in [5.41, 5.74) is 0.424. The van der Waals surface area contributed by atoms with Crippen LogP contribution in [-0.2, 0) is 6.54 Å². The van der Waals surface area contributed by atoms with Crippen molar-refractivity contribution in [2.45, 2.75) is 19.0 Å². The fraction of sp³-hybridized carbons (Fsp3) is 0.417. The molecule has 0 spiro atoms. The molecule has 2 N–H and O–H groups in total. The average molecular weight is 273 g/mol. The number of hydrogen-bond donors (Lipinski definition) is 2. The summed E-state index contributed by atoms with van der Waals surface area (Å²) < 4.78 is 13.5. The Bertz CT molecular complexity index is 435. The quantitative estimate of drug-likeness (QED) is 0.888. The SMILES string of the molecule is O=C(O)N1CC[C@H](NCc2c(F)cccc2Cl)C1. The van der Waals surface area contributed by atoms with E-state index in [0.29, 0.717) is 30.2 Å². The predicted molar refractivity (Wildman–Crippen MR) is 66.3 cm³/mol. The Hall–Kier alpha value is -1.33. The fourth-order valence-corrected chi connectivity index (χ4v) is 2.28. The Morgan fingerprint density at radius 3 is 3.00 bits per heavy atom. The molecule has 2 rings (SSSR count). The van der Waals surface area contributed by atoms with Gasteiger partial charge in [-0.25, -0.2) is 9.18 Å². The lowest BCUT2D eigenvalue weighted by Crippen LogP contribution is -2.34. The lowest BCUT2D eigenvalue weighted by Gasteiger charge is -2.14. The van der Waals surface area contributed by atoms with Crippen molar-refractivity contribution in [3.8, 4) is 0 Å². The molecule has 1 aliphatic heterocycles. The summed E-state index contributed by atoms with van der Waals surface area (Å²) in [6.45, 7) is 1.25. The normalized spacial score (nSPS) is 19.2. The van der Waals surface area contributed by atoms with Gasteiger partial charge in [0.25, 0.3) is 0 Å². The third-order valence-corrected chi connectivity index (χ3v) is 3.44. The molecular weight excluding hydrogens is 259 g/mol. The molecule has 1 amide bonds. The highest BCUT2D eigenvalue weighted by molar-refractivity contribution is 6.31. The van der Waals surface area contributed by atoms with Crippen LogP contribution in [0, 0.1) is 5.82 Å². The van der Waals surface area contributed by atoms with Crippen LogP contribution >= 0.6 is 11.6 Å². The van der Waals surface area contributed by atoms with E-state index in [1.165, 1.54) is 11.0 Å². The molecule has 0 radical (unpaired) electrons. The van der Waals surface area contributed by atoms with Gasteiger partial charge in [-0.1, -0.05) is 17.7 Å². The van der Waals surface area contributed by atoms with Crippen LogP contribution in [0.3, 0.4) is 0 Å². The van der Waals surface area contributed by atoms with Gasteiger partial charge in [0, 0.05) is 36.3 Å². The van der Waals surface area contributed by atoms with E-state index in [2.05, 4.69) is 5.32 Å². The van der Waals surface area contributed by atoms with Crippen LogP contribution in [0.5, 0.6) is 0 Å². The van der Waals surface area contributed by atoms with Crippen LogP contribution in [0.15, 0.2) is 18.2 Å². The molecule has 1 heterocycles. The number of amides is 1. The highest BCUT2D eigenvalue weighted by Crippen LogP contribution is 2.19. The van der Waals surface area contributed by atoms with E-state index < -0.39 is 6.09 Å². The molecule has 1 fully saturated rings. The summed E-state index contributed by atoms with van der Waals surface area (Å²) in [6.07, 6.45) is -0.179. The first-order valence-corrected chi connectivity index (χ1v) is 6.10. The van der Waals surface area contributed by atoms with Crippen LogP contribution < -0.4 is 5.32 Å². The van der Waals surface area contributed by atoms with E-state index in [1.807, 2.05) is 0 Å². The topological polar surface area (TPSA) is 52.6 Å². The van der Waals surface area contributed by atoms with E-state index in [1.54, 1.807) is 12.1 Å². The monoisotopic (exact) mass is 272 g/mol. The first-order valence-electron chi connectivity index (χ1n) is 5.72. The second-order valence-corrected chi connectivity index (χ2v) is 4.70. The number of nitrogens with one attached hydrogen (secondary N) is 1. The van der Waals surface area contributed by atoms with Crippen LogP contribution in [0.25, 0.3) is 0 Å². The molecule has 0 aliphatic carbocycles. The average Bonchev–Trinajstić information content (AvgIpc) is 2.77. The fourth-order valence-electron chi connectivity index (χ4n) is 2.05. The molecule has 0 aromatic heterocycles. The van der Waals surface area contributed by atoms with Gasteiger partial charge in [0.1, 0.15) is 5.82 Å². The van der Waals surface area contributed by atoms with Crippen molar-refractivity contribution in [2.24, 2.45) is 0 Å². The predicted octanol–water partition coefficient (Wildman–Crippen LogP) is 2.32. The van der Waals surface area contributed by atoms with E-state index in [4.69, 9.17) is 16.7 Å². The number of benzene rings is 1. The van der Waals surface area contributed by atoms with E-state index in [-0.39, 0.29) is 11.9 Å². The minimum atomic E-state index is -0.914. The largest absolute Gasteiger partial charge is 0.465 e. The third kappa shape index (κ3) is 2.91. The zero-order valence-corrected chi connectivity index (χ0v) is 10.5. The molecule has 98 valence electrons. The van der Waals surface area contributed by atoms with Gasteiger partial charge in [-0.3, -0.25) is 0 Å². The Morgan fingerprint density at radius 2 is 2.39 bits per heavy atom. The number of halogens is 2. The van der Waals surface area contributed by atoms with Crippen molar-refractivity contribution in [2.75, 3.05) is 13.1 Å². The number of likely N-dealkylation sites (tertiary alicyclic amines) is 1. The van der Waals surface area contributed by atoms with Crippen molar-refractivity contribution in [1.82, 2.24) is 10.2 Å². The van der Waals surface area contributed by atoms with Crippen LogP contribution in [0.4, 0.5) is 9.18 Å². The minimum Gasteiger partial charge on any atom is -0.465 e. The molecule has 1 aliphatic rings. The molecule has 1 atom stereocenters. The first-order chi connectivity index (χ1) is 8.58. The van der Waals surface area contributed by atoms with Crippen molar-refractivity contribution in [3.63, 3.8) is 0 Å². The van der Waals surface area contributed by atoms with Gasteiger partial charge in [-0.2, -0.15) is 0 Å². The summed E-state index contributed by atoms with van der Waals surface area (Å²) in [5, 5.41) is 12.3. The van der Waals surface area contributed by atoms with E-state index in [0.717, 1.165) is 6.42 Å². The van der Waals surface area contributed by atoms with Crippen molar-refractivity contribution in [1.29, 1.82) is 0 Å². The van der Waals surface area contributed by atoms with Crippen molar-refractivity contribution < 1.29 is 14.3 Å². The summed E-state index contributed by atoms with van der Waals surface area (Å²) in [4.78, 5) is 12.1.